The molecule has 0 atom stereocenters. The molecule has 0 aromatic heterocycles. The molecule has 0 bridgehead atoms. The van der Waals surface area contributed by atoms with E-state index in [0.717, 1.165) is 35.5 Å². The topological polar surface area (TPSA) is 0 Å². The Morgan fingerprint density at radius 2 is 0.556 bits per heavy atom. The molecule has 0 saturated heterocycles. The van der Waals surface area contributed by atoms with Crippen molar-refractivity contribution in [3.8, 4) is 0 Å². The number of hydrogen-bond acceptors (Lipinski definition) is 2. The monoisotopic (exact) mass is 760 g/mol. The number of hydrogen-bond donors (Lipinski definition) is 2. The first-order valence-electron chi connectivity index (χ1n) is 16.0. The molecule has 0 spiro atoms. The molecule has 0 unspecified atom stereocenters. The largest absolute Gasteiger partial charge is 0.172 e. The second-order valence-corrected chi connectivity index (χ2v) is 15.7. The minimum atomic E-state index is 0. The predicted octanol–water partition coefficient (Wildman–Crippen LogP) is 11.7. The van der Waals surface area contributed by atoms with Gasteiger partial charge in [-0.2, -0.15) is 25.3 Å². The van der Waals surface area contributed by atoms with Gasteiger partial charge in [0.1, 0.15) is 0 Å². The predicted molar refractivity (Wildman–Crippen MR) is 186 cm³/mol. The molecule has 0 radical (unpaired) electrons. The van der Waals surface area contributed by atoms with Crippen LogP contribution in [0.15, 0.2) is 0 Å². The molecule has 0 N–H and O–H groups in total. The van der Waals surface area contributed by atoms with Gasteiger partial charge in [0.2, 0.25) is 0 Å². The summed E-state index contributed by atoms with van der Waals surface area (Å²) < 4.78 is 0.872. The highest BCUT2D eigenvalue weighted by Gasteiger charge is 2.42. The minimum absolute atomic E-state index is 0. The second-order valence-electron chi connectivity index (χ2n) is 13.9. The van der Waals surface area contributed by atoms with Crippen molar-refractivity contribution in [2.75, 3.05) is 0 Å². The lowest BCUT2D eigenvalue weighted by atomic mass is 9.70. The Bertz CT molecular complexity index is 546. The Hall–Kier alpha value is 2.16. The molecule has 0 heterocycles. The molecule has 4 heteroatoms. The third-order valence-electron chi connectivity index (χ3n) is 12.2. The Kier molecular flexibility index (Phi) is 14.0. The van der Waals surface area contributed by atoms with Crippen molar-refractivity contribution in [1.82, 2.24) is 0 Å². The zero-order valence-corrected chi connectivity index (χ0v) is 29.6. The van der Waals surface area contributed by atoms with E-state index in [9.17, 15) is 0 Å². The van der Waals surface area contributed by atoms with Gasteiger partial charge in [-0.15, -0.1) is 48.0 Å². The molecule has 0 aromatic carbocycles. The molecule has 0 nitrogen and oxygen atoms in total. The number of rotatable bonds is 4. The van der Waals surface area contributed by atoms with E-state index in [1.165, 1.54) is 154 Å². The molecule has 212 valence electrons. The summed E-state index contributed by atoms with van der Waals surface area (Å²) >= 11 is 10.3. The summed E-state index contributed by atoms with van der Waals surface area (Å²) in [4.78, 5) is 0. The van der Waals surface area contributed by atoms with Gasteiger partial charge in [-0.1, -0.05) is 77.0 Å². The molecular formula is C32H58I2S2. The van der Waals surface area contributed by atoms with Crippen molar-refractivity contribution in [3.63, 3.8) is 0 Å². The molecule has 36 heavy (non-hydrogen) atoms. The van der Waals surface area contributed by atoms with Gasteiger partial charge in [0.05, 0.1) is 0 Å². The van der Waals surface area contributed by atoms with Gasteiger partial charge in [0.15, 0.2) is 0 Å². The fraction of sp³-hybridized carbons (Fsp3) is 1.00. The molecule has 6 fully saturated rings. The lowest BCUT2D eigenvalue weighted by molar-refractivity contribution is 0.189. The van der Waals surface area contributed by atoms with Gasteiger partial charge >= 0.3 is 0 Å². The molecule has 6 saturated carbocycles. The minimum Gasteiger partial charge on any atom is -0.172 e. The molecule has 0 aliphatic heterocycles. The van der Waals surface area contributed by atoms with Gasteiger partial charge in [-0.3, -0.25) is 0 Å². The average Bonchev–Trinajstić information content (AvgIpc) is 3.69. The normalized spacial score (nSPS) is 38.8. The van der Waals surface area contributed by atoms with Gasteiger partial charge in [-0.25, -0.2) is 0 Å². The van der Waals surface area contributed by atoms with Crippen molar-refractivity contribution >= 4 is 73.2 Å². The number of halogens is 2. The fourth-order valence-electron chi connectivity index (χ4n) is 9.82. The molecule has 6 aliphatic rings. The summed E-state index contributed by atoms with van der Waals surface area (Å²) in [6, 6.07) is 0. The van der Waals surface area contributed by atoms with Crippen LogP contribution in [0.5, 0.6) is 0 Å². The van der Waals surface area contributed by atoms with E-state index < -0.39 is 0 Å². The van der Waals surface area contributed by atoms with Crippen LogP contribution in [0, 0.1) is 35.5 Å². The van der Waals surface area contributed by atoms with Crippen LogP contribution in [0.2, 0.25) is 0 Å². The highest BCUT2D eigenvalue weighted by Crippen LogP contribution is 2.52. The zero-order valence-electron chi connectivity index (χ0n) is 23.1. The van der Waals surface area contributed by atoms with E-state index in [0.29, 0.717) is 9.49 Å². The highest BCUT2D eigenvalue weighted by atomic mass is 127. The van der Waals surface area contributed by atoms with Crippen molar-refractivity contribution in [2.24, 2.45) is 35.5 Å². The highest BCUT2D eigenvalue weighted by molar-refractivity contribution is 14.0. The van der Waals surface area contributed by atoms with E-state index >= 15 is 0 Å². The maximum atomic E-state index is 5.13. The summed E-state index contributed by atoms with van der Waals surface area (Å²) in [5.41, 5.74) is 0. The standard InChI is InChI=1S/2C16H28S.2HI/c2*17-16(15-7-3-4-8-15)11-9-14(10-12-16)13-5-1-2-6-13;;/h2*13-15,17H,1-12H2;2*1H. The Labute approximate surface area is 270 Å². The van der Waals surface area contributed by atoms with Crippen molar-refractivity contribution in [1.29, 1.82) is 0 Å². The van der Waals surface area contributed by atoms with E-state index in [1.54, 1.807) is 0 Å². The van der Waals surface area contributed by atoms with Crippen LogP contribution in [-0.4, -0.2) is 9.49 Å². The van der Waals surface area contributed by atoms with Crippen LogP contribution in [-0.2, 0) is 0 Å². The lowest BCUT2D eigenvalue weighted by Crippen LogP contribution is -2.36. The van der Waals surface area contributed by atoms with Gasteiger partial charge in [0, 0.05) is 9.49 Å². The summed E-state index contributed by atoms with van der Waals surface area (Å²) in [7, 11) is 0. The Morgan fingerprint density at radius 1 is 0.333 bits per heavy atom. The van der Waals surface area contributed by atoms with E-state index in [-0.39, 0.29) is 48.0 Å². The first kappa shape index (κ1) is 32.7. The van der Waals surface area contributed by atoms with Crippen LogP contribution in [0.25, 0.3) is 0 Å². The molecule has 6 aliphatic carbocycles. The average molecular weight is 761 g/mol. The lowest BCUT2D eigenvalue weighted by Gasteiger charge is -2.42. The third-order valence-corrected chi connectivity index (χ3v) is 13.8. The summed E-state index contributed by atoms with van der Waals surface area (Å²) in [6.07, 6.45) is 35.6. The Morgan fingerprint density at radius 3 is 0.833 bits per heavy atom. The summed E-state index contributed by atoms with van der Waals surface area (Å²) in [5.74, 6) is 6.23. The zero-order chi connectivity index (χ0) is 23.4. The maximum absolute atomic E-state index is 5.13. The van der Waals surface area contributed by atoms with Crippen molar-refractivity contribution in [2.45, 2.75) is 164 Å². The second kappa shape index (κ2) is 15.4. The van der Waals surface area contributed by atoms with Gasteiger partial charge in [-0.05, 0) is 113 Å². The van der Waals surface area contributed by atoms with Crippen LogP contribution in [0.3, 0.4) is 0 Å². The third kappa shape index (κ3) is 8.13. The molecular weight excluding hydrogens is 702 g/mol. The fourth-order valence-corrected chi connectivity index (χ4v) is 10.9. The van der Waals surface area contributed by atoms with Crippen molar-refractivity contribution in [3.05, 3.63) is 0 Å². The smallest absolute Gasteiger partial charge is 0.0158 e. The summed E-state index contributed by atoms with van der Waals surface area (Å²) in [6.45, 7) is 0. The van der Waals surface area contributed by atoms with E-state index in [1.807, 2.05) is 0 Å². The van der Waals surface area contributed by atoms with Crippen LogP contribution >= 0.6 is 73.2 Å². The quantitative estimate of drug-likeness (QED) is 0.207. The van der Waals surface area contributed by atoms with Crippen LogP contribution < -0.4 is 0 Å². The first-order valence-corrected chi connectivity index (χ1v) is 16.9. The number of thiol groups is 2. The van der Waals surface area contributed by atoms with Crippen LogP contribution in [0.4, 0.5) is 0 Å². The summed E-state index contributed by atoms with van der Waals surface area (Å²) in [5, 5.41) is 0. The van der Waals surface area contributed by atoms with Crippen LogP contribution in [0.1, 0.15) is 154 Å². The van der Waals surface area contributed by atoms with E-state index in [4.69, 9.17) is 25.3 Å². The van der Waals surface area contributed by atoms with Crippen molar-refractivity contribution < 1.29 is 0 Å². The van der Waals surface area contributed by atoms with Gasteiger partial charge < -0.3 is 0 Å². The Balaban J connectivity index is 0.000000190. The maximum Gasteiger partial charge on any atom is 0.0158 e. The molecule has 6 rings (SSSR count). The SMILES string of the molecule is I.I.SC1(C2CCCC2)CCC(C2CCCC2)CC1.SC1(C2CCCC2)CCC(C2CCCC2)CC1. The molecule has 0 amide bonds. The van der Waals surface area contributed by atoms with Gasteiger partial charge in [0.25, 0.3) is 0 Å². The van der Waals surface area contributed by atoms with E-state index in [2.05, 4.69) is 0 Å². The molecule has 0 aromatic rings. The first-order chi connectivity index (χ1) is 16.6.